The normalized spacial score (nSPS) is 35.9. The van der Waals surface area contributed by atoms with Crippen molar-refractivity contribution in [2.75, 3.05) is 31.1 Å². The number of carbonyl (C=O) groups is 1. The van der Waals surface area contributed by atoms with Crippen LogP contribution >= 0.6 is 0 Å². The highest BCUT2D eigenvalue weighted by atomic mass is 32.2. The van der Waals surface area contributed by atoms with Gasteiger partial charge in [0.2, 0.25) is 0 Å². The lowest BCUT2D eigenvalue weighted by Crippen LogP contribution is -2.50. The van der Waals surface area contributed by atoms with Crippen molar-refractivity contribution >= 4 is 15.8 Å². The van der Waals surface area contributed by atoms with E-state index in [0.717, 1.165) is 19.3 Å². The maximum atomic E-state index is 11.7. The van der Waals surface area contributed by atoms with Crippen molar-refractivity contribution in [1.82, 2.24) is 4.90 Å². The van der Waals surface area contributed by atoms with E-state index < -0.39 is 21.2 Å². The molecule has 19 heavy (non-hydrogen) atoms. The molecule has 2 atom stereocenters. The van der Waals surface area contributed by atoms with Crippen molar-refractivity contribution in [3.8, 4) is 0 Å². The van der Waals surface area contributed by atoms with Crippen molar-refractivity contribution in [1.29, 1.82) is 0 Å². The fraction of sp³-hybridized carbons (Fsp3) is 0.923. The molecule has 2 unspecified atom stereocenters. The lowest BCUT2D eigenvalue weighted by atomic mass is 9.69. The van der Waals surface area contributed by atoms with Crippen LogP contribution < -0.4 is 0 Å². The second kappa shape index (κ2) is 5.40. The van der Waals surface area contributed by atoms with E-state index in [0.29, 0.717) is 32.0 Å². The minimum Gasteiger partial charge on any atom is -0.481 e. The third-order valence-electron chi connectivity index (χ3n) is 4.51. The summed E-state index contributed by atoms with van der Waals surface area (Å²) in [6.45, 7) is 3.57. The molecule has 1 heterocycles. The molecule has 1 saturated heterocycles. The summed E-state index contributed by atoms with van der Waals surface area (Å²) in [7, 11) is -2.90. The Hall–Kier alpha value is -0.620. The zero-order valence-electron chi connectivity index (χ0n) is 11.5. The molecule has 0 bridgehead atoms. The van der Waals surface area contributed by atoms with E-state index in [1.165, 1.54) is 0 Å². The lowest BCUT2D eigenvalue weighted by molar-refractivity contribution is -0.153. The Balaban J connectivity index is 2.03. The molecule has 1 aliphatic carbocycles. The topological polar surface area (TPSA) is 74.7 Å². The van der Waals surface area contributed by atoms with Gasteiger partial charge in [-0.1, -0.05) is 19.8 Å². The molecule has 2 rings (SSSR count). The van der Waals surface area contributed by atoms with Gasteiger partial charge in [0.25, 0.3) is 0 Å². The molecular weight excluding hydrogens is 266 g/mol. The Morgan fingerprint density at radius 3 is 2.53 bits per heavy atom. The molecule has 0 aromatic carbocycles. The molecule has 0 aromatic rings. The van der Waals surface area contributed by atoms with Crippen LogP contribution in [0.25, 0.3) is 0 Å². The summed E-state index contributed by atoms with van der Waals surface area (Å²) in [5, 5.41) is 9.59. The van der Waals surface area contributed by atoms with Gasteiger partial charge in [-0.15, -0.1) is 0 Å². The molecule has 0 radical (unpaired) electrons. The van der Waals surface area contributed by atoms with Crippen molar-refractivity contribution in [2.24, 2.45) is 11.3 Å². The number of rotatable bonds is 3. The molecule has 1 saturated carbocycles. The van der Waals surface area contributed by atoms with Gasteiger partial charge in [-0.05, 0) is 18.8 Å². The zero-order valence-corrected chi connectivity index (χ0v) is 12.3. The van der Waals surface area contributed by atoms with E-state index in [1.54, 1.807) is 0 Å². The third kappa shape index (κ3) is 3.48. The van der Waals surface area contributed by atoms with Crippen molar-refractivity contribution in [2.45, 2.75) is 32.6 Å². The fourth-order valence-corrected chi connectivity index (χ4v) is 4.68. The number of hydrogen-bond acceptors (Lipinski definition) is 4. The maximum Gasteiger partial charge on any atom is 0.310 e. The Kier molecular flexibility index (Phi) is 4.20. The van der Waals surface area contributed by atoms with E-state index >= 15 is 0 Å². The van der Waals surface area contributed by atoms with Crippen molar-refractivity contribution in [3.63, 3.8) is 0 Å². The standard InChI is InChI=1S/C13H23NO4S/c1-11-3-2-4-13(9-11,12(15)16)10-14-5-7-19(17,18)8-6-14/h11H,2-10H2,1H3,(H,15,16). The maximum absolute atomic E-state index is 11.7. The lowest BCUT2D eigenvalue weighted by Gasteiger charge is -2.41. The van der Waals surface area contributed by atoms with Gasteiger partial charge in [0.15, 0.2) is 9.84 Å². The van der Waals surface area contributed by atoms with Crippen LogP contribution in [0.1, 0.15) is 32.6 Å². The average molecular weight is 289 g/mol. The van der Waals surface area contributed by atoms with E-state index in [-0.39, 0.29) is 11.5 Å². The number of aliphatic carboxylic acids is 1. The molecule has 5 nitrogen and oxygen atoms in total. The number of hydrogen-bond donors (Lipinski definition) is 1. The average Bonchev–Trinajstić information content (AvgIpc) is 2.32. The predicted octanol–water partition coefficient (Wildman–Crippen LogP) is 0.998. The van der Waals surface area contributed by atoms with Crippen LogP contribution in [-0.4, -0.2) is 55.5 Å². The predicted molar refractivity (Wildman–Crippen MR) is 72.8 cm³/mol. The summed E-state index contributed by atoms with van der Waals surface area (Å²) in [5.41, 5.74) is -0.668. The SMILES string of the molecule is CC1CCCC(CN2CCS(=O)(=O)CC2)(C(=O)O)C1. The second-order valence-corrected chi connectivity index (χ2v) is 8.52. The molecular formula is C13H23NO4S. The smallest absolute Gasteiger partial charge is 0.310 e. The Labute approximate surface area is 114 Å². The molecule has 2 aliphatic rings. The second-order valence-electron chi connectivity index (χ2n) is 6.21. The minimum absolute atomic E-state index is 0.165. The quantitative estimate of drug-likeness (QED) is 0.839. The first kappa shape index (κ1) is 14.8. The van der Waals surface area contributed by atoms with E-state index in [2.05, 4.69) is 6.92 Å². The van der Waals surface area contributed by atoms with Gasteiger partial charge < -0.3 is 10.0 Å². The summed E-state index contributed by atoms with van der Waals surface area (Å²) < 4.78 is 22.8. The highest BCUT2D eigenvalue weighted by Crippen LogP contribution is 2.40. The van der Waals surface area contributed by atoms with Gasteiger partial charge in [0.05, 0.1) is 16.9 Å². The summed E-state index contributed by atoms with van der Waals surface area (Å²) in [4.78, 5) is 13.7. The van der Waals surface area contributed by atoms with Gasteiger partial charge in [-0.3, -0.25) is 4.79 Å². The fourth-order valence-electron chi connectivity index (χ4n) is 3.40. The van der Waals surface area contributed by atoms with Crippen LogP contribution in [0.4, 0.5) is 0 Å². The van der Waals surface area contributed by atoms with Gasteiger partial charge in [-0.2, -0.15) is 0 Å². The third-order valence-corrected chi connectivity index (χ3v) is 6.12. The number of carboxylic acids is 1. The number of nitrogens with zero attached hydrogens (tertiary/aromatic N) is 1. The van der Waals surface area contributed by atoms with Crippen LogP contribution in [0, 0.1) is 11.3 Å². The number of carboxylic acid groups (broad SMARTS) is 1. The summed E-state index contributed by atoms with van der Waals surface area (Å²) in [6.07, 6.45) is 3.49. The minimum atomic E-state index is -2.90. The largest absolute Gasteiger partial charge is 0.481 e. The number of sulfone groups is 1. The van der Waals surface area contributed by atoms with E-state index in [9.17, 15) is 18.3 Å². The molecule has 0 spiro atoms. The van der Waals surface area contributed by atoms with Crippen LogP contribution in [0.15, 0.2) is 0 Å². The summed E-state index contributed by atoms with van der Waals surface area (Å²) >= 11 is 0. The van der Waals surface area contributed by atoms with Crippen molar-refractivity contribution < 1.29 is 18.3 Å². The van der Waals surface area contributed by atoms with Crippen molar-refractivity contribution in [3.05, 3.63) is 0 Å². The van der Waals surface area contributed by atoms with Gasteiger partial charge in [0, 0.05) is 19.6 Å². The zero-order chi connectivity index (χ0) is 14.1. The Morgan fingerprint density at radius 2 is 2.00 bits per heavy atom. The van der Waals surface area contributed by atoms with Crippen LogP contribution in [0.2, 0.25) is 0 Å². The van der Waals surface area contributed by atoms with E-state index in [4.69, 9.17) is 0 Å². The monoisotopic (exact) mass is 289 g/mol. The summed E-state index contributed by atoms with van der Waals surface area (Å²) in [6, 6.07) is 0. The first-order valence-electron chi connectivity index (χ1n) is 6.99. The first-order valence-corrected chi connectivity index (χ1v) is 8.81. The van der Waals surface area contributed by atoms with Gasteiger partial charge in [-0.25, -0.2) is 8.42 Å². The Morgan fingerprint density at radius 1 is 1.37 bits per heavy atom. The molecule has 6 heteroatoms. The first-order chi connectivity index (χ1) is 8.83. The van der Waals surface area contributed by atoms with Crippen LogP contribution in [-0.2, 0) is 14.6 Å². The van der Waals surface area contributed by atoms with Gasteiger partial charge >= 0.3 is 5.97 Å². The highest BCUT2D eigenvalue weighted by molar-refractivity contribution is 7.91. The van der Waals surface area contributed by atoms with Crippen LogP contribution in [0.5, 0.6) is 0 Å². The van der Waals surface area contributed by atoms with Crippen LogP contribution in [0.3, 0.4) is 0 Å². The highest BCUT2D eigenvalue weighted by Gasteiger charge is 2.43. The van der Waals surface area contributed by atoms with E-state index in [1.807, 2.05) is 4.90 Å². The molecule has 0 amide bonds. The molecule has 1 aliphatic heterocycles. The van der Waals surface area contributed by atoms with Gasteiger partial charge in [0.1, 0.15) is 0 Å². The Bertz CT molecular complexity index is 434. The molecule has 0 aromatic heterocycles. The summed E-state index contributed by atoms with van der Waals surface area (Å²) in [5.74, 6) is 0.0575. The molecule has 1 N–H and O–H groups in total. The molecule has 110 valence electrons. The molecule has 2 fully saturated rings.